The molecule has 1 aromatic carbocycles. The van der Waals surface area contributed by atoms with Crippen LogP contribution in [0.5, 0.6) is 0 Å². The van der Waals surface area contributed by atoms with Crippen LogP contribution in [0.15, 0.2) is 23.2 Å². The van der Waals surface area contributed by atoms with Crippen molar-refractivity contribution in [2.45, 2.75) is 33.2 Å². The summed E-state index contributed by atoms with van der Waals surface area (Å²) in [5.41, 5.74) is 1.10. The molecule has 10 nitrogen and oxygen atoms in total. The number of esters is 1. The highest BCUT2D eigenvalue weighted by Gasteiger charge is 2.26. The minimum atomic E-state index is -3.95. The monoisotopic (exact) mass is 511 g/mol. The van der Waals surface area contributed by atoms with Crippen molar-refractivity contribution in [3.05, 3.63) is 28.6 Å². The molecule has 0 radical (unpaired) electrons. The first-order chi connectivity index (χ1) is 16.2. The summed E-state index contributed by atoms with van der Waals surface area (Å²) in [6.45, 7) is 6.20. The first kappa shape index (κ1) is 26.0. The summed E-state index contributed by atoms with van der Waals surface area (Å²) < 4.78 is 37.8. The van der Waals surface area contributed by atoms with E-state index in [0.717, 1.165) is 29.7 Å². The van der Waals surface area contributed by atoms with Crippen molar-refractivity contribution in [1.29, 1.82) is 0 Å². The maximum absolute atomic E-state index is 12.6. The van der Waals surface area contributed by atoms with Crippen molar-refractivity contribution in [3.63, 3.8) is 0 Å². The average molecular weight is 512 g/mol. The molecule has 12 heteroatoms. The first-order valence-electron chi connectivity index (χ1n) is 11.2. The fourth-order valence-corrected chi connectivity index (χ4v) is 5.85. The number of likely N-dealkylation sites (tertiary alicyclic amines) is 1. The van der Waals surface area contributed by atoms with Gasteiger partial charge in [-0.25, -0.2) is 13.2 Å². The van der Waals surface area contributed by atoms with Crippen LogP contribution < -0.4 is 4.80 Å². The average Bonchev–Trinajstić information content (AvgIpc) is 3.41. The molecule has 1 aromatic heterocycles. The molecular formula is C22H29N3O7S2. The lowest BCUT2D eigenvalue weighted by Gasteiger charge is -2.14. The summed E-state index contributed by atoms with van der Waals surface area (Å²) in [5, 5.41) is 0. The number of hydrogen-bond acceptors (Lipinski definition) is 8. The zero-order valence-electron chi connectivity index (χ0n) is 19.3. The van der Waals surface area contributed by atoms with Gasteiger partial charge in [-0.05, 0) is 44.9 Å². The van der Waals surface area contributed by atoms with Gasteiger partial charge in [0.1, 0.15) is 11.5 Å². The Kier molecular flexibility index (Phi) is 8.97. The molecular weight excluding hydrogens is 482 g/mol. The van der Waals surface area contributed by atoms with Gasteiger partial charge in [-0.2, -0.15) is 4.99 Å². The highest BCUT2D eigenvalue weighted by molar-refractivity contribution is 7.92. The van der Waals surface area contributed by atoms with Gasteiger partial charge < -0.3 is 18.9 Å². The quantitative estimate of drug-likeness (QED) is 0.349. The van der Waals surface area contributed by atoms with Crippen molar-refractivity contribution in [2.24, 2.45) is 4.99 Å². The van der Waals surface area contributed by atoms with Crippen molar-refractivity contribution in [2.75, 3.05) is 44.4 Å². The number of ether oxygens (including phenoxy) is 2. The molecule has 3 rings (SSSR count). The highest BCUT2D eigenvalue weighted by atomic mass is 32.2. The number of carbonyl (C=O) groups is 3. The number of nitrogens with zero attached hydrogens (tertiary/aromatic N) is 3. The van der Waals surface area contributed by atoms with Crippen LogP contribution in [0.4, 0.5) is 0 Å². The van der Waals surface area contributed by atoms with Crippen molar-refractivity contribution in [3.8, 4) is 0 Å². The maximum atomic E-state index is 12.6. The molecule has 0 N–H and O–H groups in total. The van der Waals surface area contributed by atoms with E-state index >= 15 is 0 Å². The number of hydrogen-bond donors (Lipinski definition) is 0. The van der Waals surface area contributed by atoms with Gasteiger partial charge in [0.15, 0.2) is 14.6 Å². The Balaban J connectivity index is 1.86. The molecule has 1 fully saturated rings. The molecule has 0 bridgehead atoms. The summed E-state index contributed by atoms with van der Waals surface area (Å²) in [5.74, 6) is -3.34. The molecule has 0 aliphatic carbocycles. The summed E-state index contributed by atoms with van der Waals surface area (Å²) in [7, 11) is -3.95. The van der Waals surface area contributed by atoms with Gasteiger partial charge in [0.05, 0.1) is 29.0 Å². The van der Waals surface area contributed by atoms with E-state index in [1.165, 1.54) is 4.90 Å². The largest absolute Gasteiger partial charge is 0.462 e. The van der Waals surface area contributed by atoms with Crippen LogP contribution in [0.25, 0.3) is 10.2 Å². The van der Waals surface area contributed by atoms with E-state index in [0.29, 0.717) is 47.9 Å². The first-order valence-corrected chi connectivity index (χ1v) is 13.8. The van der Waals surface area contributed by atoms with Crippen LogP contribution >= 0.6 is 11.3 Å². The zero-order valence-corrected chi connectivity index (χ0v) is 21.0. The molecule has 0 spiro atoms. The fraction of sp³-hybridized carbons (Fsp3) is 0.545. The smallest absolute Gasteiger partial charge is 0.338 e. The van der Waals surface area contributed by atoms with Crippen LogP contribution in [0.3, 0.4) is 0 Å². The zero-order chi connectivity index (χ0) is 24.7. The van der Waals surface area contributed by atoms with Crippen molar-refractivity contribution in [1.82, 2.24) is 9.47 Å². The molecule has 1 aliphatic heterocycles. The number of benzene rings is 1. The predicted octanol–water partition coefficient (Wildman–Crippen LogP) is 1.38. The molecule has 34 heavy (non-hydrogen) atoms. The number of fused-ring (bicyclic) bond motifs is 1. The summed E-state index contributed by atoms with van der Waals surface area (Å²) in [6, 6.07) is 5.02. The summed E-state index contributed by atoms with van der Waals surface area (Å²) in [6.07, 6.45) is 1.71. The standard InChI is InChI=1S/C22H29N3O7S2/c1-3-31-12-11-25-17-8-7-16(21(28)32-4-2)13-18(17)33-22(25)23-19(26)14-34(29,30)15-20(27)24-9-5-6-10-24/h7-8,13H,3-6,9-12,14-15H2,1-2H3. The Morgan fingerprint density at radius 3 is 2.50 bits per heavy atom. The Hall–Kier alpha value is -2.57. The third-order valence-electron chi connectivity index (χ3n) is 5.22. The van der Waals surface area contributed by atoms with E-state index in [-0.39, 0.29) is 6.61 Å². The molecule has 0 atom stereocenters. The fourth-order valence-electron chi connectivity index (χ4n) is 3.64. The third-order valence-corrected chi connectivity index (χ3v) is 7.64. The Morgan fingerprint density at radius 2 is 1.82 bits per heavy atom. The van der Waals surface area contributed by atoms with Gasteiger partial charge in [-0.3, -0.25) is 9.59 Å². The van der Waals surface area contributed by atoms with Gasteiger partial charge in [-0.1, -0.05) is 11.3 Å². The number of sulfone groups is 1. The van der Waals surface area contributed by atoms with Crippen LogP contribution in [-0.4, -0.2) is 80.1 Å². The predicted molar refractivity (Wildman–Crippen MR) is 127 cm³/mol. The van der Waals surface area contributed by atoms with Gasteiger partial charge in [0.25, 0.3) is 5.91 Å². The van der Waals surface area contributed by atoms with E-state index in [1.54, 1.807) is 29.7 Å². The number of thiazole rings is 1. The molecule has 2 aromatic rings. The highest BCUT2D eigenvalue weighted by Crippen LogP contribution is 2.20. The molecule has 2 amide bonds. The third kappa shape index (κ3) is 6.73. The van der Waals surface area contributed by atoms with E-state index in [9.17, 15) is 22.8 Å². The molecule has 0 unspecified atom stereocenters. The summed E-state index contributed by atoms with van der Waals surface area (Å²) in [4.78, 5) is 42.7. The van der Waals surface area contributed by atoms with E-state index in [2.05, 4.69) is 4.99 Å². The van der Waals surface area contributed by atoms with Gasteiger partial charge in [0.2, 0.25) is 5.91 Å². The molecule has 1 aliphatic rings. The maximum Gasteiger partial charge on any atom is 0.338 e. The Labute approximate surface area is 202 Å². The SMILES string of the molecule is CCOCCn1c(=NC(=O)CS(=O)(=O)CC(=O)N2CCCC2)sc2cc(C(=O)OCC)ccc21. The van der Waals surface area contributed by atoms with Crippen molar-refractivity contribution >= 4 is 49.2 Å². The van der Waals surface area contributed by atoms with Crippen LogP contribution in [0.1, 0.15) is 37.0 Å². The molecule has 1 saturated heterocycles. The van der Waals surface area contributed by atoms with Gasteiger partial charge >= 0.3 is 5.97 Å². The van der Waals surface area contributed by atoms with Crippen molar-refractivity contribution < 1.29 is 32.3 Å². The minimum absolute atomic E-state index is 0.249. The lowest BCUT2D eigenvalue weighted by atomic mass is 10.2. The second kappa shape index (κ2) is 11.7. The molecule has 2 heterocycles. The van der Waals surface area contributed by atoms with E-state index in [1.807, 2.05) is 6.92 Å². The number of carbonyl (C=O) groups excluding carboxylic acids is 3. The van der Waals surface area contributed by atoms with E-state index < -0.39 is 39.1 Å². The number of amides is 2. The topological polar surface area (TPSA) is 124 Å². The minimum Gasteiger partial charge on any atom is -0.462 e. The second-order valence-electron chi connectivity index (χ2n) is 7.76. The lowest BCUT2D eigenvalue weighted by Crippen LogP contribution is -2.35. The van der Waals surface area contributed by atoms with Gasteiger partial charge in [-0.15, -0.1) is 0 Å². The normalized spacial score (nSPS) is 14.6. The summed E-state index contributed by atoms with van der Waals surface area (Å²) >= 11 is 1.16. The molecule has 0 saturated carbocycles. The second-order valence-corrected chi connectivity index (χ2v) is 10.8. The van der Waals surface area contributed by atoms with Gasteiger partial charge in [0, 0.05) is 26.2 Å². The van der Waals surface area contributed by atoms with E-state index in [4.69, 9.17) is 9.47 Å². The Morgan fingerprint density at radius 1 is 1.09 bits per heavy atom. The number of rotatable bonds is 10. The Bertz CT molecular complexity index is 1220. The van der Waals surface area contributed by atoms with Crippen LogP contribution in [-0.2, 0) is 35.4 Å². The number of aromatic nitrogens is 1. The van der Waals surface area contributed by atoms with Crippen LogP contribution in [0, 0.1) is 0 Å². The van der Waals surface area contributed by atoms with Crippen LogP contribution in [0.2, 0.25) is 0 Å². The lowest BCUT2D eigenvalue weighted by molar-refractivity contribution is -0.127. The molecule has 186 valence electrons.